The van der Waals surface area contributed by atoms with E-state index >= 15 is 0 Å². The fourth-order valence-electron chi connectivity index (χ4n) is 4.45. The highest BCUT2D eigenvalue weighted by Gasteiger charge is 2.28. The fourth-order valence-corrected chi connectivity index (χ4v) is 6.02. The summed E-state index contributed by atoms with van der Waals surface area (Å²) in [4.78, 5) is 17.1. The van der Waals surface area contributed by atoms with Crippen LogP contribution in [-0.4, -0.2) is 69.9 Å². The lowest BCUT2D eigenvalue weighted by molar-refractivity contribution is -0.131. The Morgan fingerprint density at radius 1 is 0.970 bits per heavy atom. The van der Waals surface area contributed by atoms with Gasteiger partial charge in [-0.3, -0.25) is 4.79 Å². The van der Waals surface area contributed by atoms with Crippen molar-refractivity contribution in [2.75, 3.05) is 51.3 Å². The van der Waals surface area contributed by atoms with E-state index in [1.807, 2.05) is 4.90 Å². The number of ether oxygens (including phenoxy) is 1. The maximum Gasteiger partial charge on any atom is 0.243 e. The Kier molecular flexibility index (Phi) is 7.19. The van der Waals surface area contributed by atoms with Crippen LogP contribution in [0, 0.1) is 5.82 Å². The fraction of sp³-hybridized carbons (Fsp3) is 0.458. The van der Waals surface area contributed by atoms with Crippen LogP contribution in [0.15, 0.2) is 47.4 Å². The van der Waals surface area contributed by atoms with E-state index in [9.17, 15) is 17.6 Å². The number of piperazine rings is 1. The summed E-state index contributed by atoms with van der Waals surface area (Å²) in [7, 11) is -1.98. The number of carbonyl (C=O) groups is 1. The number of benzene rings is 2. The lowest BCUT2D eigenvalue weighted by atomic mass is 10.1. The van der Waals surface area contributed by atoms with Gasteiger partial charge in [0.15, 0.2) is 0 Å². The lowest BCUT2D eigenvalue weighted by Gasteiger charge is -2.36. The Hall–Kier alpha value is -2.65. The first-order chi connectivity index (χ1) is 15.9. The summed E-state index contributed by atoms with van der Waals surface area (Å²) in [6.45, 7) is 3.65. The smallest absolute Gasteiger partial charge is 0.243 e. The van der Waals surface area contributed by atoms with Crippen LogP contribution in [0.4, 0.5) is 10.1 Å². The number of carbonyl (C=O) groups excluding carboxylic acids is 1. The van der Waals surface area contributed by atoms with Gasteiger partial charge in [-0.2, -0.15) is 4.31 Å². The molecule has 0 unspecified atom stereocenters. The molecule has 178 valence electrons. The van der Waals surface area contributed by atoms with Crippen LogP contribution in [-0.2, 0) is 21.2 Å². The van der Waals surface area contributed by atoms with E-state index in [4.69, 9.17) is 4.74 Å². The summed E-state index contributed by atoms with van der Waals surface area (Å²) in [5.41, 5.74) is 1.67. The zero-order valence-corrected chi connectivity index (χ0v) is 19.7. The van der Waals surface area contributed by atoms with Crippen molar-refractivity contribution in [3.8, 4) is 5.75 Å². The number of rotatable bonds is 7. The summed E-state index contributed by atoms with van der Waals surface area (Å²) in [5.74, 6) is 0.355. The van der Waals surface area contributed by atoms with Gasteiger partial charge in [0.25, 0.3) is 0 Å². The highest BCUT2D eigenvalue weighted by molar-refractivity contribution is 7.89. The van der Waals surface area contributed by atoms with Gasteiger partial charge in [-0.05, 0) is 67.3 Å². The quantitative estimate of drug-likeness (QED) is 0.616. The van der Waals surface area contributed by atoms with Crippen LogP contribution >= 0.6 is 0 Å². The van der Waals surface area contributed by atoms with Crippen molar-refractivity contribution in [2.45, 2.75) is 30.6 Å². The lowest BCUT2D eigenvalue weighted by Crippen LogP contribution is -2.48. The number of nitrogens with zero attached hydrogens (tertiary/aromatic N) is 3. The molecular formula is C24H30FN3O4S. The average Bonchev–Trinajstić information content (AvgIpc) is 3.39. The van der Waals surface area contributed by atoms with Crippen molar-refractivity contribution < 1.29 is 22.3 Å². The van der Waals surface area contributed by atoms with Crippen molar-refractivity contribution >= 4 is 21.6 Å². The number of aryl methyl sites for hydroxylation is 1. The number of sulfonamides is 1. The van der Waals surface area contributed by atoms with Crippen LogP contribution in [0.25, 0.3) is 0 Å². The molecule has 0 saturated carbocycles. The molecule has 2 aromatic rings. The molecule has 4 rings (SSSR count). The molecular weight excluding hydrogens is 445 g/mol. The van der Waals surface area contributed by atoms with E-state index in [0.717, 1.165) is 24.1 Å². The molecule has 0 bridgehead atoms. The SMILES string of the molecule is COc1ccc(S(=O)(=O)N2CCCC2)cc1CCC(=O)N1CCN(c2ccc(F)cc2)CC1. The predicted octanol–water partition coefficient (Wildman–Crippen LogP) is 2.90. The summed E-state index contributed by atoms with van der Waals surface area (Å²) >= 11 is 0. The Morgan fingerprint density at radius 2 is 1.64 bits per heavy atom. The molecule has 2 heterocycles. The molecule has 1 amide bonds. The Balaban J connectivity index is 1.37. The number of anilines is 1. The Morgan fingerprint density at radius 3 is 2.27 bits per heavy atom. The van der Waals surface area contributed by atoms with E-state index < -0.39 is 10.0 Å². The van der Waals surface area contributed by atoms with Gasteiger partial charge < -0.3 is 14.5 Å². The summed E-state index contributed by atoms with van der Waals surface area (Å²) < 4.78 is 45.9. The molecule has 2 aromatic carbocycles. The molecule has 9 heteroatoms. The summed E-state index contributed by atoms with van der Waals surface area (Å²) in [6.07, 6.45) is 2.44. The van der Waals surface area contributed by atoms with Gasteiger partial charge in [-0.15, -0.1) is 0 Å². The van der Waals surface area contributed by atoms with Crippen LogP contribution in [0.5, 0.6) is 5.75 Å². The molecule has 2 aliphatic heterocycles. The zero-order chi connectivity index (χ0) is 23.4. The minimum atomic E-state index is -3.53. The van der Waals surface area contributed by atoms with Gasteiger partial charge in [-0.1, -0.05) is 0 Å². The zero-order valence-electron chi connectivity index (χ0n) is 18.9. The molecule has 0 spiro atoms. The average molecular weight is 476 g/mol. The van der Waals surface area contributed by atoms with Crippen LogP contribution in [0.3, 0.4) is 0 Å². The largest absolute Gasteiger partial charge is 0.496 e. The maximum atomic E-state index is 13.2. The van der Waals surface area contributed by atoms with Crippen molar-refractivity contribution in [1.29, 1.82) is 0 Å². The minimum Gasteiger partial charge on any atom is -0.496 e. The highest BCUT2D eigenvalue weighted by atomic mass is 32.2. The topological polar surface area (TPSA) is 70.2 Å². The third kappa shape index (κ3) is 5.30. The van der Waals surface area contributed by atoms with Gasteiger partial charge in [0, 0.05) is 51.4 Å². The first-order valence-corrected chi connectivity index (χ1v) is 12.8. The van der Waals surface area contributed by atoms with Crippen molar-refractivity contribution in [3.63, 3.8) is 0 Å². The van der Waals surface area contributed by atoms with Crippen molar-refractivity contribution in [3.05, 3.63) is 53.8 Å². The number of amides is 1. The van der Waals surface area contributed by atoms with Gasteiger partial charge in [0.1, 0.15) is 11.6 Å². The standard InChI is InChI=1S/C24H30FN3O4S/c1-32-23-10-9-22(33(30,31)28-12-2-3-13-28)18-19(23)4-11-24(29)27-16-14-26(15-17-27)21-7-5-20(25)6-8-21/h5-10,18H,2-4,11-17H2,1H3. The monoisotopic (exact) mass is 475 g/mol. The van der Waals surface area contributed by atoms with Gasteiger partial charge >= 0.3 is 0 Å². The normalized spacial score (nSPS) is 17.4. The van der Waals surface area contributed by atoms with Crippen LogP contribution in [0.2, 0.25) is 0 Å². The molecule has 2 aliphatic rings. The number of hydrogen-bond donors (Lipinski definition) is 0. The second kappa shape index (κ2) is 10.1. The minimum absolute atomic E-state index is 0.0311. The maximum absolute atomic E-state index is 13.2. The molecule has 33 heavy (non-hydrogen) atoms. The molecule has 2 saturated heterocycles. The second-order valence-corrected chi connectivity index (χ2v) is 10.4. The van der Waals surface area contributed by atoms with E-state index in [1.165, 1.54) is 16.4 Å². The molecule has 0 N–H and O–H groups in total. The Labute approximate surface area is 194 Å². The third-order valence-electron chi connectivity index (χ3n) is 6.39. The summed E-state index contributed by atoms with van der Waals surface area (Å²) in [6, 6.07) is 11.3. The molecule has 0 aliphatic carbocycles. The van der Waals surface area contributed by atoms with Gasteiger partial charge in [0.05, 0.1) is 12.0 Å². The van der Waals surface area contributed by atoms with Gasteiger partial charge in [-0.25, -0.2) is 12.8 Å². The predicted molar refractivity (Wildman–Crippen MR) is 125 cm³/mol. The molecule has 0 aromatic heterocycles. The van der Waals surface area contributed by atoms with Gasteiger partial charge in [0.2, 0.25) is 15.9 Å². The van der Waals surface area contributed by atoms with Crippen molar-refractivity contribution in [2.24, 2.45) is 0 Å². The highest BCUT2D eigenvalue weighted by Crippen LogP contribution is 2.27. The molecule has 2 fully saturated rings. The summed E-state index contributed by atoms with van der Waals surface area (Å²) in [5, 5.41) is 0. The van der Waals surface area contributed by atoms with Crippen LogP contribution < -0.4 is 9.64 Å². The first kappa shape index (κ1) is 23.5. The number of hydrogen-bond acceptors (Lipinski definition) is 5. The Bertz CT molecular complexity index is 1080. The van der Waals surface area contributed by atoms with E-state index in [2.05, 4.69) is 4.90 Å². The number of halogens is 1. The number of methoxy groups -OCH3 is 1. The van der Waals surface area contributed by atoms with E-state index in [0.29, 0.717) is 51.4 Å². The van der Waals surface area contributed by atoms with Crippen LogP contribution in [0.1, 0.15) is 24.8 Å². The third-order valence-corrected chi connectivity index (χ3v) is 8.28. The molecule has 0 radical (unpaired) electrons. The van der Waals surface area contributed by atoms with E-state index in [1.54, 1.807) is 37.4 Å². The van der Waals surface area contributed by atoms with E-state index in [-0.39, 0.29) is 23.0 Å². The van der Waals surface area contributed by atoms with Crippen molar-refractivity contribution in [1.82, 2.24) is 9.21 Å². The molecule has 0 atom stereocenters. The first-order valence-electron chi connectivity index (χ1n) is 11.3. The molecule has 7 nitrogen and oxygen atoms in total. The second-order valence-electron chi connectivity index (χ2n) is 8.43.